The second kappa shape index (κ2) is 6.24. The van der Waals surface area contributed by atoms with Crippen LogP contribution in [-0.2, 0) is 13.0 Å². The van der Waals surface area contributed by atoms with Crippen molar-refractivity contribution in [1.29, 1.82) is 0 Å². The third-order valence-electron chi connectivity index (χ3n) is 4.31. The molecule has 1 aliphatic heterocycles. The molecule has 0 bridgehead atoms. The van der Waals surface area contributed by atoms with Crippen molar-refractivity contribution in [2.45, 2.75) is 43.7 Å². The molecule has 1 aromatic carbocycles. The first-order valence-electron chi connectivity index (χ1n) is 7.65. The number of aryl methyl sites for hydroxylation is 2. The Labute approximate surface area is 131 Å². The molecule has 1 aromatic heterocycles. The van der Waals surface area contributed by atoms with Crippen molar-refractivity contribution in [2.24, 2.45) is 0 Å². The van der Waals surface area contributed by atoms with E-state index in [4.69, 9.17) is 0 Å². The van der Waals surface area contributed by atoms with Crippen LogP contribution in [0.5, 0.6) is 0 Å². The van der Waals surface area contributed by atoms with E-state index in [0.717, 1.165) is 18.7 Å². The Bertz CT molecular complexity index is 620. The molecule has 2 heterocycles. The lowest BCUT2D eigenvalue weighted by Crippen LogP contribution is -2.35. The lowest BCUT2D eigenvalue weighted by atomic mass is 9.90. The molecule has 21 heavy (non-hydrogen) atoms. The normalized spacial score (nSPS) is 18.7. The summed E-state index contributed by atoms with van der Waals surface area (Å²) in [5.74, 6) is 1.75. The number of thioether (sulfide) groups is 1. The molecule has 0 spiro atoms. The van der Waals surface area contributed by atoms with Gasteiger partial charge < -0.3 is 5.32 Å². The third-order valence-corrected chi connectivity index (χ3v) is 5.52. The van der Waals surface area contributed by atoms with Gasteiger partial charge in [0.25, 0.3) is 0 Å². The molecule has 2 aromatic rings. The number of hydrogen-bond acceptors (Lipinski definition) is 3. The first kappa shape index (κ1) is 14.7. The number of rotatable bonds is 5. The van der Waals surface area contributed by atoms with Crippen LogP contribution in [-0.4, -0.2) is 28.6 Å². The summed E-state index contributed by atoms with van der Waals surface area (Å²) in [4.78, 5) is 1.45. The second-order valence-corrected chi connectivity index (χ2v) is 6.71. The van der Waals surface area contributed by atoms with Gasteiger partial charge in [0.05, 0.1) is 5.69 Å². The SMILES string of the molecule is CCn1nc(C)cc1CC(NC)C1CSc2ccccc21. The van der Waals surface area contributed by atoms with Crippen molar-refractivity contribution >= 4 is 11.8 Å². The minimum Gasteiger partial charge on any atom is -0.316 e. The Hall–Kier alpha value is -1.26. The van der Waals surface area contributed by atoms with Crippen LogP contribution in [0.1, 0.15) is 29.8 Å². The summed E-state index contributed by atoms with van der Waals surface area (Å²) >= 11 is 1.98. The molecule has 3 nitrogen and oxygen atoms in total. The molecule has 0 amide bonds. The van der Waals surface area contributed by atoms with E-state index in [1.54, 1.807) is 0 Å². The summed E-state index contributed by atoms with van der Waals surface area (Å²) in [6, 6.07) is 11.5. The van der Waals surface area contributed by atoms with E-state index in [0.29, 0.717) is 12.0 Å². The quantitative estimate of drug-likeness (QED) is 0.919. The largest absolute Gasteiger partial charge is 0.316 e. The molecule has 0 saturated heterocycles. The van der Waals surface area contributed by atoms with E-state index in [1.165, 1.54) is 21.9 Å². The molecule has 1 N–H and O–H groups in total. The first-order valence-corrected chi connectivity index (χ1v) is 8.63. The van der Waals surface area contributed by atoms with Crippen molar-refractivity contribution in [2.75, 3.05) is 12.8 Å². The third kappa shape index (κ3) is 2.87. The van der Waals surface area contributed by atoms with Gasteiger partial charge in [-0.3, -0.25) is 4.68 Å². The molecule has 0 radical (unpaired) electrons. The smallest absolute Gasteiger partial charge is 0.0596 e. The van der Waals surface area contributed by atoms with E-state index in [-0.39, 0.29) is 0 Å². The highest BCUT2D eigenvalue weighted by Crippen LogP contribution is 2.41. The number of aromatic nitrogens is 2. The van der Waals surface area contributed by atoms with Crippen LogP contribution in [0.4, 0.5) is 0 Å². The zero-order valence-electron chi connectivity index (χ0n) is 13.0. The van der Waals surface area contributed by atoms with Crippen LogP contribution in [0.15, 0.2) is 35.2 Å². The summed E-state index contributed by atoms with van der Waals surface area (Å²) in [5, 5.41) is 8.11. The van der Waals surface area contributed by atoms with Gasteiger partial charge in [0.1, 0.15) is 0 Å². The summed E-state index contributed by atoms with van der Waals surface area (Å²) in [5.41, 5.74) is 3.95. The van der Waals surface area contributed by atoms with Crippen LogP contribution in [0, 0.1) is 6.92 Å². The highest BCUT2D eigenvalue weighted by atomic mass is 32.2. The van der Waals surface area contributed by atoms with Gasteiger partial charge in [-0.2, -0.15) is 5.10 Å². The van der Waals surface area contributed by atoms with Gasteiger partial charge in [0.15, 0.2) is 0 Å². The zero-order chi connectivity index (χ0) is 14.8. The van der Waals surface area contributed by atoms with E-state index in [2.05, 4.69) is 66.3 Å². The van der Waals surface area contributed by atoms with Crippen molar-refractivity contribution in [3.05, 3.63) is 47.3 Å². The Kier molecular flexibility index (Phi) is 4.36. The molecular weight excluding hydrogens is 278 g/mol. The van der Waals surface area contributed by atoms with Gasteiger partial charge in [-0.15, -0.1) is 11.8 Å². The molecule has 1 aliphatic rings. The van der Waals surface area contributed by atoms with Crippen LogP contribution >= 0.6 is 11.8 Å². The number of benzene rings is 1. The summed E-state index contributed by atoms with van der Waals surface area (Å²) in [6.07, 6.45) is 1.03. The van der Waals surface area contributed by atoms with Gasteiger partial charge in [0, 0.05) is 41.3 Å². The fraction of sp³-hybridized carbons (Fsp3) is 0.471. The molecule has 0 aliphatic carbocycles. The predicted octanol–water partition coefficient (Wildman–Crippen LogP) is 3.23. The van der Waals surface area contributed by atoms with E-state index in [9.17, 15) is 0 Å². The standard InChI is InChI=1S/C17H23N3S/c1-4-20-13(9-12(2)19-20)10-16(18-3)15-11-21-17-8-6-5-7-14(15)17/h5-9,15-16,18H,4,10-11H2,1-3H3. The van der Waals surface area contributed by atoms with Gasteiger partial charge in [0.2, 0.25) is 0 Å². The zero-order valence-corrected chi connectivity index (χ0v) is 13.8. The Balaban J connectivity index is 1.83. The highest BCUT2D eigenvalue weighted by molar-refractivity contribution is 7.99. The van der Waals surface area contributed by atoms with Crippen molar-refractivity contribution in [3.63, 3.8) is 0 Å². The molecule has 0 saturated carbocycles. The van der Waals surface area contributed by atoms with Crippen LogP contribution < -0.4 is 5.32 Å². The first-order chi connectivity index (χ1) is 10.2. The van der Waals surface area contributed by atoms with Gasteiger partial charge in [-0.05, 0) is 38.6 Å². The fourth-order valence-corrected chi connectivity index (χ4v) is 4.56. The highest BCUT2D eigenvalue weighted by Gasteiger charge is 2.30. The Morgan fingerprint density at radius 3 is 3.00 bits per heavy atom. The Morgan fingerprint density at radius 2 is 2.24 bits per heavy atom. The molecular formula is C17H23N3S. The predicted molar refractivity (Wildman–Crippen MR) is 89.1 cm³/mol. The summed E-state index contributed by atoms with van der Waals surface area (Å²) in [6.45, 7) is 5.17. The molecule has 112 valence electrons. The number of nitrogens with one attached hydrogen (secondary N) is 1. The second-order valence-electron chi connectivity index (χ2n) is 5.65. The monoisotopic (exact) mass is 301 g/mol. The average Bonchev–Trinajstić information content (AvgIpc) is 3.08. The van der Waals surface area contributed by atoms with Gasteiger partial charge in [-0.25, -0.2) is 0 Å². The minimum atomic E-state index is 0.461. The summed E-state index contributed by atoms with van der Waals surface area (Å²) < 4.78 is 2.13. The van der Waals surface area contributed by atoms with Gasteiger partial charge in [-0.1, -0.05) is 18.2 Å². The van der Waals surface area contributed by atoms with Crippen LogP contribution in [0.3, 0.4) is 0 Å². The molecule has 0 fully saturated rings. The van der Waals surface area contributed by atoms with E-state index < -0.39 is 0 Å². The molecule has 4 heteroatoms. The topological polar surface area (TPSA) is 29.9 Å². The van der Waals surface area contributed by atoms with E-state index >= 15 is 0 Å². The number of nitrogens with zero attached hydrogens (tertiary/aromatic N) is 2. The van der Waals surface area contributed by atoms with Crippen LogP contribution in [0.25, 0.3) is 0 Å². The lowest BCUT2D eigenvalue weighted by Gasteiger charge is -2.23. The van der Waals surface area contributed by atoms with Crippen molar-refractivity contribution in [1.82, 2.24) is 15.1 Å². The van der Waals surface area contributed by atoms with Crippen LogP contribution in [0.2, 0.25) is 0 Å². The lowest BCUT2D eigenvalue weighted by molar-refractivity contribution is 0.468. The number of hydrogen-bond donors (Lipinski definition) is 1. The maximum atomic E-state index is 4.57. The number of fused-ring (bicyclic) bond motifs is 1. The minimum absolute atomic E-state index is 0.461. The van der Waals surface area contributed by atoms with Crippen molar-refractivity contribution < 1.29 is 0 Å². The maximum absolute atomic E-state index is 4.57. The number of likely N-dealkylation sites (N-methyl/N-ethyl adjacent to an activating group) is 1. The van der Waals surface area contributed by atoms with E-state index in [1.807, 2.05) is 11.8 Å². The van der Waals surface area contributed by atoms with Gasteiger partial charge >= 0.3 is 0 Å². The fourth-order valence-electron chi connectivity index (χ4n) is 3.23. The summed E-state index contributed by atoms with van der Waals surface area (Å²) in [7, 11) is 2.08. The maximum Gasteiger partial charge on any atom is 0.0596 e. The Morgan fingerprint density at radius 1 is 1.43 bits per heavy atom. The van der Waals surface area contributed by atoms with Crippen molar-refractivity contribution in [3.8, 4) is 0 Å². The average molecular weight is 301 g/mol. The molecule has 2 unspecified atom stereocenters. The molecule has 3 rings (SSSR count). The molecule has 2 atom stereocenters.